The first kappa shape index (κ1) is 18.8. The molecule has 0 spiro atoms. The first-order valence-corrected chi connectivity index (χ1v) is 8.64. The molecular formula is C20H27N3O2. The number of nitrogens with one attached hydrogen (secondary N) is 1. The van der Waals surface area contributed by atoms with Crippen molar-refractivity contribution < 1.29 is 9.90 Å². The summed E-state index contributed by atoms with van der Waals surface area (Å²) in [6.45, 7) is 2.24. The zero-order valence-electron chi connectivity index (χ0n) is 14.8. The van der Waals surface area contributed by atoms with Crippen LogP contribution in [0.25, 0.3) is 0 Å². The van der Waals surface area contributed by atoms with Gasteiger partial charge in [-0.3, -0.25) is 0 Å². The van der Waals surface area contributed by atoms with Crippen LogP contribution in [-0.4, -0.2) is 49.3 Å². The van der Waals surface area contributed by atoms with Crippen molar-refractivity contribution in [2.75, 3.05) is 38.2 Å². The maximum atomic E-state index is 12.3. The molecular weight excluding hydrogens is 314 g/mol. The van der Waals surface area contributed by atoms with E-state index in [1.807, 2.05) is 55.6 Å². The van der Waals surface area contributed by atoms with Crippen molar-refractivity contribution in [3.05, 3.63) is 66.2 Å². The number of nitrogens with zero attached hydrogens (tertiary/aromatic N) is 2. The van der Waals surface area contributed by atoms with E-state index < -0.39 is 0 Å². The standard InChI is InChI=1S/C20H27N3O2/c1-22(19-11-6-3-7-12-19)14-8-13-21-20(25)23(15-16-24)17-18-9-4-2-5-10-18/h2-7,9-12,24H,8,13-17H2,1H3,(H,21,25). The zero-order valence-corrected chi connectivity index (χ0v) is 14.8. The second-order valence-corrected chi connectivity index (χ2v) is 5.97. The van der Waals surface area contributed by atoms with Crippen LogP contribution in [0.5, 0.6) is 0 Å². The number of aliphatic hydroxyl groups is 1. The van der Waals surface area contributed by atoms with Crippen molar-refractivity contribution in [1.82, 2.24) is 10.2 Å². The second-order valence-electron chi connectivity index (χ2n) is 5.97. The molecule has 5 heteroatoms. The summed E-state index contributed by atoms with van der Waals surface area (Å²) in [7, 11) is 2.05. The Morgan fingerprint density at radius 2 is 1.64 bits per heavy atom. The summed E-state index contributed by atoms with van der Waals surface area (Å²) in [6.07, 6.45) is 0.857. The number of benzene rings is 2. The molecule has 0 saturated heterocycles. The van der Waals surface area contributed by atoms with Crippen LogP contribution in [0.3, 0.4) is 0 Å². The highest BCUT2D eigenvalue weighted by atomic mass is 16.3. The molecule has 134 valence electrons. The third-order valence-electron chi connectivity index (χ3n) is 4.02. The highest BCUT2D eigenvalue weighted by molar-refractivity contribution is 5.74. The predicted molar refractivity (Wildman–Crippen MR) is 102 cm³/mol. The van der Waals surface area contributed by atoms with E-state index in [2.05, 4.69) is 22.3 Å². The van der Waals surface area contributed by atoms with Gasteiger partial charge < -0.3 is 20.2 Å². The van der Waals surface area contributed by atoms with Crippen molar-refractivity contribution in [2.24, 2.45) is 0 Å². The van der Waals surface area contributed by atoms with Crippen LogP contribution in [0.4, 0.5) is 10.5 Å². The van der Waals surface area contributed by atoms with Crippen molar-refractivity contribution >= 4 is 11.7 Å². The topological polar surface area (TPSA) is 55.8 Å². The summed E-state index contributed by atoms with van der Waals surface area (Å²) < 4.78 is 0. The van der Waals surface area contributed by atoms with Crippen molar-refractivity contribution in [2.45, 2.75) is 13.0 Å². The number of hydrogen-bond acceptors (Lipinski definition) is 3. The number of hydrogen-bond donors (Lipinski definition) is 2. The number of para-hydroxylation sites is 1. The van der Waals surface area contributed by atoms with Gasteiger partial charge in [-0.15, -0.1) is 0 Å². The molecule has 0 aliphatic heterocycles. The number of rotatable bonds is 9. The Labute approximate surface area is 149 Å². The first-order chi connectivity index (χ1) is 12.2. The van der Waals surface area contributed by atoms with Gasteiger partial charge in [0.2, 0.25) is 0 Å². The van der Waals surface area contributed by atoms with Crippen LogP contribution in [0, 0.1) is 0 Å². The first-order valence-electron chi connectivity index (χ1n) is 8.64. The van der Waals surface area contributed by atoms with Gasteiger partial charge in [0.05, 0.1) is 6.61 Å². The molecule has 0 bridgehead atoms. The van der Waals surface area contributed by atoms with Gasteiger partial charge in [-0.05, 0) is 24.1 Å². The molecule has 2 aromatic carbocycles. The normalized spacial score (nSPS) is 10.3. The van der Waals surface area contributed by atoms with Gasteiger partial charge in [0.25, 0.3) is 0 Å². The third kappa shape index (κ3) is 6.47. The van der Waals surface area contributed by atoms with E-state index in [1.165, 1.54) is 5.69 Å². The Kier molecular flexibility index (Phi) is 7.79. The van der Waals surface area contributed by atoms with Gasteiger partial charge in [0.1, 0.15) is 0 Å². The summed E-state index contributed by atoms with van der Waals surface area (Å²) in [6, 6.07) is 19.8. The molecule has 25 heavy (non-hydrogen) atoms. The number of carbonyl (C=O) groups excluding carboxylic acids is 1. The van der Waals surface area contributed by atoms with E-state index >= 15 is 0 Å². The summed E-state index contributed by atoms with van der Waals surface area (Å²) in [4.78, 5) is 16.1. The van der Waals surface area contributed by atoms with Gasteiger partial charge in [0, 0.05) is 38.9 Å². The predicted octanol–water partition coefficient (Wildman–Crippen LogP) is 2.72. The van der Waals surface area contributed by atoms with E-state index in [0.29, 0.717) is 19.6 Å². The SMILES string of the molecule is CN(CCCNC(=O)N(CCO)Cc1ccccc1)c1ccccc1. The monoisotopic (exact) mass is 341 g/mol. The molecule has 2 aromatic rings. The van der Waals surface area contributed by atoms with E-state index in [-0.39, 0.29) is 12.6 Å². The molecule has 5 nitrogen and oxygen atoms in total. The Hall–Kier alpha value is -2.53. The zero-order chi connectivity index (χ0) is 17.9. The van der Waals surface area contributed by atoms with Crippen molar-refractivity contribution in [3.63, 3.8) is 0 Å². The fourth-order valence-electron chi connectivity index (χ4n) is 2.61. The number of aliphatic hydroxyl groups excluding tert-OH is 1. The van der Waals surface area contributed by atoms with Gasteiger partial charge >= 0.3 is 6.03 Å². The average Bonchev–Trinajstić information content (AvgIpc) is 2.66. The minimum absolute atomic E-state index is 0.0446. The highest BCUT2D eigenvalue weighted by Gasteiger charge is 2.12. The number of amides is 2. The van der Waals surface area contributed by atoms with E-state index in [9.17, 15) is 9.90 Å². The maximum Gasteiger partial charge on any atom is 0.317 e. The van der Waals surface area contributed by atoms with Crippen molar-refractivity contribution in [1.29, 1.82) is 0 Å². The Bertz CT molecular complexity index is 619. The lowest BCUT2D eigenvalue weighted by atomic mass is 10.2. The Balaban J connectivity index is 1.75. The van der Waals surface area contributed by atoms with Crippen LogP contribution < -0.4 is 10.2 Å². The van der Waals surface area contributed by atoms with Crippen LogP contribution in [-0.2, 0) is 6.54 Å². The summed E-state index contributed by atoms with van der Waals surface area (Å²) in [5.74, 6) is 0. The van der Waals surface area contributed by atoms with E-state index in [0.717, 1.165) is 18.5 Å². The number of urea groups is 1. The van der Waals surface area contributed by atoms with Crippen molar-refractivity contribution in [3.8, 4) is 0 Å². The van der Waals surface area contributed by atoms with E-state index in [1.54, 1.807) is 4.90 Å². The van der Waals surface area contributed by atoms with Gasteiger partial charge in [-0.1, -0.05) is 48.5 Å². The van der Waals surface area contributed by atoms with Crippen LogP contribution in [0.1, 0.15) is 12.0 Å². The third-order valence-corrected chi connectivity index (χ3v) is 4.02. The van der Waals surface area contributed by atoms with Gasteiger partial charge in [0.15, 0.2) is 0 Å². The lowest BCUT2D eigenvalue weighted by molar-refractivity contribution is 0.174. The second kappa shape index (κ2) is 10.4. The molecule has 0 atom stereocenters. The van der Waals surface area contributed by atoms with Gasteiger partial charge in [-0.25, -0.2) is 4.79 Å². The summed E-state index contributed by atoms with van der Waals surface area (Å²) >= 11 is 0. The fourth-order valence-corrected chi connectivity index (χ4v) is 2.61. The van der Waals surface area contributed by atoms with Crippen LogP contribution >= 0.6 is 0 Å². The largest absolute Gasteiger partial charge is 0.395 e. The molecule has 2 rings (SSSR count). The molecule has 0 heterocycles. The molecule has 0 fully saturated rings. The maximum absolute atomic E-state index is 12.3. The van der Waals surface area contributed by atoms with Crippen LogP contribution in [0.15, 0.2) is 60.7 Å². The molecule has 0 aliphatic carbocycles. The molecule has 2 amide bonds. The number of carbonyl (C=O) groups is 1. The lowest BCUT2D eigenvalue weighted by Crippen LogP contribution is -2.41. The molecule has 0 radical (unpaired) electrons. The van der Waals surface area contributed by atoms with Crippen LogP contribution in [0.2, 0.25) is 0 Å². The summed E-state index contributed by atoms with van der Waals surface area (Å²) in [5, 5.41) is 12.1. The number of anilines is 1. The molecule has 0 aliphatic rings. The molecule has 0 saturated carbocycles. The minimum atomic E-state index is -0.139. The molecule has 0 unspecified atom stereocenters. The molecule has 0 aromatic heterocycles. The quantitative estimate of drug-likeness (QED) is 0.690. The molecule has 2 N–H and O–H groups in total. The van der Waals surface area contributed by atoms with Gasteiger partial charge in [-0.2, -0.15) is 0 Å². The summed E-state index contributed by atoms with van der Waals surface area (Å²) in [5.41, 5.74) is 2.22. The Morgan fingerprint density at radius 3 is 2.28 bits per heavy atom. The van der Waals surface area contributed by atoms with E-state index in [4.69, 9.17) is 0 Å². The average molecular weight is 341 g/mol. The highest BCUT2D eigenvalue weighted by Crippen LogP contribution is 2.10. The lowest BCUT2D eigenvalue weighted by Gasteiger charge is -2.23. The minimum Gasteiger partial charge on any atom is -0.395 e. The fraction of sp³-hybridized carbons (Fsp3) is 0.350. The smallest absolute Gasteiger partial charge is 0.317 e. The Morgan fingerprint density at radius 1 is 1.00 bits per heavy atom.